The third-order valence-corrected chi connectivity index (χ3v) is 5.55. The predicted octanol–water partition coefficient (Wildman–Crippen LogP) is 3.34. The van der Waals surface area contributed by atoms with Gasteiger partial charge in [-0.2, -0.15) is 0 Å². The van der Waals surface area contributed by atoms with Crippen LogP contribution in [0.25, 0.3) is 0 Å². The molecular weight excluding hydrogens is 350 g/mol. The van der Waals surface area contributed by atoms with Crippen LogP contribution in [0.2, 0.25) is 0 Å². The number of amides is 1. The lowest BCUT2D eigenvalue weighted by Crippen LogP contribution is -2.52. The van der Waals surface area contributed by atoms with Crippen molar-refractivity contribution >= 4 is 17.4 Å². The van der Waals surface area contributed by atoms with E-state index >= 15 is 0 Å². The van der Waals surface area contributed by atoms with Crippen LogP contribution < -0.4 is 5.32 Å². The van der Waals surface area contributed by atoms with Crippen molar-refractivity contribution in [2.75, 3.05) is 31.5 Å². The Balaban J connectivity index is 1.50. The molecule has 3 rings (SSSR count). The van der Waals surface area contributed by atoms with Crippen LogP contribution in [0.15, 0.2) is 48.5 Å². The van der Waals surface area contributed by atoms with Crippen LogP contribution >= 0.6 is 0 Å². The highest BCUT2D eigenvalue weighted by atomic mass is 16.2. The van der Waals surface area contributed by atoms with Gasteiger partial charge in [0, 0.05) is 44.0 Å². The maximum absolute atomic E-state index is 12.6. The van der Waals surface area contributed by atoms with Crippen molar-refractivity contribution in [3.8, 4) is 0 Å². The Morgan fingerprint density at radius 2 is 1.64 bits per heavy atom. The first kappa shape index (κ1) is 20.2. The lowest BCUT2D eigenvalue weighted by molar-refractivity contribution is -0.121. The molecule has 1 heterocycles. The molecule has 0 unspecified atom stereocenters. The molecule has 148 valence electrons. The van der Waals surface area contributed by atoms with Crippen molar-refractivity contribution in [1.82, 2.24) is 9.80 Å². The van der Waals surface area contributed by atoms with E-state index in [1.54, 1.807) is 24.3 Å². The number of nitrogens with one attached hydrogen (secondary N) is 1. The quantitative estimate of drug-likeness (QED) is 0.782. The van der Waals surface area contributed by atoms with Gasteiger partial charge in [0.2, 0.25) is 5.91 Å². The van der Waals surface area contributed by atoms with E-state index in [1.165, 1.54) is 18.1 Å². The smallest absolute Gasteiger partial charge is 0.241 e. The second-order valence-electron chi connectivity index (χ2n) is 7.54. The zero-order chi connectivity index (χ0) is 20.1. The number of ketones is 1. The zero-order valence-electron chi connectivity index (χ0n) is 16.9. The summed E-state index contributed by atoms with van der Waals surface area (Å²) in [5, 5.41) is 2.96. The molecule has 0 aromatic heterocycles. The number of hydrogen-bond acceptors (Lipinski definition) is 4. The average Bonchev–Trinajstić information content (AvgIpc) is 2.70. The Hall–Kier alpha value is -2.50. The van der Waals surface area contributed by atoms with Gasteiger partial charge in [-0.1, -0.05) is 24.3 Å². The highest BCUT2D eigenvalue weighted by Gasteiger charge is 2.25. The van der Waals surface area contributed by atoms with Crippen molar-refractivity contribution in [2.45, 2.75) is 33.4 Å². The molecule has 0 aliphatic carbocycles. The Morgan fingerprint density at radius 1 is 1.00 bits per heavy atom. The van der Waals surface area contributed by atoms with E-state index in [4.69, 9.17) is 0 Å². The minimum atomic E-state index is -0.187. The molecule has 0 bridgehead atoms. The molecule has 0 spiro atoms. The van der Waals surface area contributed by atoms with E-state index in [2.05, 4.69) is 46.3 Å². The number of piperazine rings is 1. The molecule has 1 aliphatic heterocycles. The Bertz CT molecular complexity index is 824. The molecule has 5 nitrogen and oxygen atoms in total. The van der Waals surface area contributed by atoms with Crippen molar-refractivity contribution in [3.63, 3.8) is 0 Å². The van der Waals surface area contributed by atoms with Gasteiger partial charge in [-0.25, -0.2) is 0 Å². The lowest BCUT2D eigenvalue weighted by atomic mass is 10.1. The maximum atomic E-state index is 12.6. The maximum Gasteiger partial charge on any atom is 0.241 e. The van der Waals surface area contributed by atoms with Crippen molar-refractivity contribution in [3.05, 3.63) is 65.2 Å². The molecule has 0 saturated carbocycles. The number of benzene rings is 2. The fraction of sp³-hybridized carbons (Fsp3) is 0.391. The number of nitrogens with zero attached hydrogens (tertiary/aromatic N) is 2. The van der Waals surface area contributed by atoms with E-state index < -0.39 is 0 Å². The Labute approximate surface area is 167 Å². The minimum absolute atomic E-state index is 0.0112. The van der Waals surface area contributed by atoms with E-state index in [0.717, 1.165) is 38.4 Å². The summed E-state index contributed by atoms with van der Waals surface area (Å²) in [6, 6.07) is 15.4. The number of Topliss-reactive ketones (excluding diaryl/α,β-unsaturated/α-hetero) is 1. The molecule has 2 aromatic carbocycles. The van der Waals surface area contributed by atoms with Crippen molar-refractivity contribution < 1.29 is 9.59 Å². The minimum Gasteiger partial charge on any atom is -0.325 e. The summed E-state index contributed by atoms with van der Waals surface area (Å²) in [7, 11) is 0. The summed E-state index contributed by atoms with van der Waals surface area (Å²) in [6.07, 6.45) is 0. The SMILES string of the molecule is CC(=O)c1ccc(NC(=O)[C@@H](C)N2CCN(Cc3ccccc3C)CC2)cc1. The van der Waals surface area contributed by atoms with Gasteiger partial charge in [0.1, 0.15) is 0 Å². The number of carbonyl (C=O) groups excluding carboxylic acids is 2. The van der Waals surface area contributed by atoms with E-state index in [9.17, 15) is 9.59 Å². The summed E-state index contributed by atoms with van der Waals surface area (Å²) < 4.78 is 0. The predicted molar refractivity (Wildman–Crippen MR) is 113 cm³/mol. The molecule has 1 amide bonds. The van der Waals surface area contributed by atoms with Gasteiger partial charge in [-0.3, -0.25) is 19.4 Å². The van der Waals surface area contributed by atoms with Crippen molar-refractivity contribution in [1.29, 1.82) is 0 Å². The molecule has 0 radical (unpaired) electrons. The van der Waals surface area contributed by atoms with Crippen LogP contribution in [0, 0.1) is 6.92 Å². The molecule has 28 heavy (non-hydrogen) atoms. The molecule has 1 fully saturated rings. The highest BCUT2D eigenvalue weighted by Crippen LogP contribution is 2.15. The molecule has 1 aliphatic rings. The van der Waals surface area contributed by atoms with E-state index in [0.29, 0.717) is 5.56 Å². The van der Waals surface area contributed by atoms with Gasteiger partial charge in [0.05, 0.1) is 6.04 Å². The normalized spacial score (nSPS) is 16.5. The van der Waals surface area contributed by atoms with Crippen LogP contribution in [-0.4, -0.2) is 53.7 Å². The fourth-order valence-corrected chi connectivity index (χ4v) is 3.54. The summed E-state index contributed by atoms with van der Waals surface area (Å²) in [6.45, 7) is 10.3. The van der Waals surface area contributed by atoms with E-state index in [-0.39, 0.29) is 17.7 Å². The van der Waals surface area contributed by atoms with Gasteiger partial charge in [0.25, 0.3) is 0 Å². The first-order chi connectivity index (χ1) is 13.4. The first-order valence-electron chi connectivity index (χ1n) is 9.87. The second-order valence-corrected chi connectivity index (χ2v) is 7.54. The molecule has 1 atom stereocenters. The molecule has 1 saturated heterocycles. The van der Waals surface area contributed by atoms with Crippen LogP contribution in [0.4, 0.5) is 5.69 Å². The monoisotopic (exact) mass is 379 g/mol. The number of hydrogen-bond donors (Lipinski definition) is 1. The number of rotatable bonds is 6. The van der Waals surface area contributed by atoms with Crippen LogP contribution in [0.3, 0.4) is 0 Å². The third kappa shape index (κ3) is 5.06. The third-order valence-electron chi connectivity index (χ3n) is 5.55. The molecular formula is C23H29N3O2. The van der Waals surface area contributed by atoms with E-state index in [1.807, 2.05) is 6.92 Å². The van der Waals surface area contributed by atoms with Crippen LogP contribution in [0.1, 0.15) is 35.3 Å². The van der Waals surface area contributed by atoms with Gasteiger partial charge in [-0.05, 0) is 56.2 Å². The molecule has 5 heteroatoms. The Morgan fingerprint density at radius 3 is 2.25 bits per heavy atom. The average molecular weight is 380 g/mol. The summed E-state index contributed by atoms with van der Waals surface area (Å²) in [4.78, 5) is 28.6. The van der Waals surface area contributed by atoms with Gasteiger partial charge >= 0.3 is 0 Å². The second kappa shape index (κ2) is 9.13. The number of carbonyl (C=O) groups is 2. The number of anilines is 1. The molecule has 1 N–H and O–H groups in total. The standard InChI is InChI=1S/C23H29N3O2/c1-17-6-4-5-7-21(17)16-25-12-14-26(15-13-25)18(2)23(28)24-22-10-8-20(9-11-22)19(3)27/h4-11,18H,12-16H2,1-3H3,(H,24,28)/t18-/m1/s1. The highest BCUT2D eigenvalue weighted by molar-refractivity contribution is 5.96. The fourth-order valence-electron chi connectivity index (χ4n) is 3.54. The Kier molecular flexibility index (Phi) is 6.60. The van der Waals surface area contributed by atoms with Gasteiger partial charge in [0.15, 0.2) is 5.78 Å². The number of aryl methyl sites for hydroxylation is 1. The topological polar surface area (TPSA) is 52.7 Å². The first-order valence-corrected chi connectivity index (χ1v) is 9.87. The van der Waals surface area contributed by atoms with Gasteiger partial charge < -0.3 is 5.32 Å². The summed E-state index contributed by atoms with van der Waals surface area (Å²) in [5.41, 5.74) is 4.07. The largest absolute Gasteiger partial charge is 0.325 e. The van der Waals surface area contributed by atoms with Crippen LogP contribution in [-0.2, 0) is 11.3 Å². The molecule has 2 aromatic rings. The summed E-state index contributed by atoms with van der Waals surface area (Å²) in [5.74, 6) is 0.0118. The summed E-state index contributed by atoms with van der Waals surface area (Å²) >= 11 is 0. The lowest BCUT2D eigenvalue weighted by Gasteiger charge is -2.37. The van der Waals surface area contributed by atoms with Crippen molar-refractivity contribution in [2.24, 2.45) is 0 Å². The van der Waals surface area contributed by atoms with Crippen LogP contribution in [0.5, 0.6) is 0 Å². The zero-order valence-corrected chi connectivity index (χ0v) is 16.9. The van der Waals surface area contributed by atoms with Gasteiger partial charge in [-0.15, -0.1) is 0 Å².